The molecule has 3 heteroatoms. The van der Waals surface area contributed by atoms with Crippen LogP contribution in [0.25, 0.3) is 0 Å². The fourth-order valence-electron chi connectivity index (χ4n) is 0.984. The van der Waals surface area contributed by atoms with Crippen molar-refractivity contribution < 1.29 is 4.79 Å². The topological polar surface area (TPSA) is 29.1 Å². The van der Waals surface area contributed by atoms with E-state index in [2.05, 4.69) is 21.2 Å². The molecule has 0 aliphatic heterocycles. The number of carbonyl (C=O) groups excluding carboxylic acids is 1. The van der Waals surface area contributed by atoms with E-state index in [1.165, 1.54) is 0 Å². The molecule has 14 heavy (non-hydrogen) atoms. The molecule has 0 heterocycles. The molecule has 1 atom stereocenters. The average molecular weight is 256 g/mol. The molecular weight excluding hydrogens is 242 g/mol. The third-order valence-electron chi connectivity index (χ3n) is 2.17. The molecule has 76 valence electrons. The Labute approximate surface area is 92.8 Å². The Balaban J connectivity index is 2.60. The van der Waals surface area contributed by atoms with Crippen molar-refractivity contribution in [3.8, 4) is 0 Å². The van der Waals surface area contributed by atoms with E-state index in [1.807, 2.05) is 38.1 Å². The molecule has 1 rings (SSSR count). The first-order valence-corrected chi connectivity index (χ1v) is 5.49. The molecule has 0 bridgehead atoms. The van der Waals surface area contributed by atoms with Crippen LogP contribution in [0.5, 0.6) is 0 Å². The smallest absolute Gasteiger partial charge is 0.227 e. The van der Waals surface area contributed by atoms with Crippen LogP contribution in [0.3, 0.4) is 0 Å². The van der Waals surface area contributed by atoms with Crippen molar-refractivity contribution >= 4 is 27.5 Å². The second-order valence-corrected chi connectivity index (χ2v) is 4.22. The lowest BCUT2D eigenvalue weighted by molar-refractivity contribution is -0.119. The van der Waals surface area contributed by atoms with Gasteiger partial charge in [0.1, 0.15) is 0 Å². The van der Waals surface area contributed by atoms with Gasteiger partial charge < -0.3 is 5.32 Å². The first kappa shape index (κ1) is 11.2. The van der Waals surface area contributed by atoms with Gasteiger partial charge in [-0.15, -0.1) is 0 Å². The summed E-state index contributed by atoms with van der Waals surface area (Å²) in [4.78, 5) is 11.5. The van der Waals surface area contributed by atoms with E-state index in [0.29, 0.717) is 0 Å². The summed E-state index contributed by atoms with van der Waals surface area (Å²) in [6, 6.07) is 7.58. The van der Waals surface area contributed by atoms with Crippen LogP contribution >= 0.6 is 15.9 Å². The second kappa shape index (κ2) is 5.15. The number of nitrogens with one attached hydrogen (secondary N) is 1. The van der Waals surface area contributed by atoms with Gasteiger partial charge in [0, 0.05) is 16.1 Å². The number of anilines is 1. The van der Waals surface area contributed by atoms with E-state index >= 15 is 0 Å². The summed E-state index contributed by atoms with van der Waals surface area (Å²) in [5.74, 6) is 0.147. The van der Waals surface area contributed by atoms with Crippen LogP contribution in [0.15, 0.2) is 28.7 Å². The third kappa shape index (κ3) is 3.14. The van der Waals surface area contributed by atoms with Crippen molar-refractivity contribution in [3.63, 3.8) is 0 Å². The lowest BCUT2D eigenvalue weighted by Crippen LogP contribution is -2.19. The maximum atomic E-state index is 11.5. The number of hydrogen-bond acceptors (Lipinski definition) is 1. The number of halogens is 1. The molecule has 0 fully saturated rings. The summed E-state index contributed by atoms with van der Waals surface area (Å²) in [6.07, 6.45) is 0.863. The Morgan fingerprint density at radius 1 is 1.43 bits per heavy atom. The first-order valence-electron chi connectivity index (χ1n) is 4.70. The Hall–Kier alpha value is -0.830. The molecule has 0 spiro atoms. The van der Waals surface area contributed by atoms with Crippen molar-refractivity contribution in [1.29, 1.82) is 0 Å². The minimum absolute atomic E-state index is 0.0682. The lowest BCUT2D eigenvalue weighted by Gasteiger charge is -2.09. The van der Waals surface area contributed by atoms with Gasteiger partial charge in [0.15, 0.2) is 0 Å². The molecular formula is C11H14BrNO. The normalized spacial score (nSPS) is 12.2. The van der Waals surface area contributed by atoms with Crippen LogP contribution in [0.2, 0.25) is 0 Å². The Kier molecular flexibility index (Phi) is 4.14. The molecule has 0 radical (unpaired) electrons. The quantitative estimate of drug-likeness (QED) is 0.881. The average Bonchev–Trinajstić information content (AvgIpc) is 2.20. The standard InChI is InChI=1S/C11H14BrNO/c1-3-8(2)11(14)13-10-6-4-9(12)5-7-10/h4-8H,3H2,1-2H3,(H,13,14)/t8-/m1/s1. The molecule has 0 unspecified atom stereocenters. The van der Waals surface area contributed by atoms with E-state index in [-0.39, 0.29) is 11.8 Å². The minimum Gasteiger partial charge on any atom is -0.326 e. The van der Waals surface area contributed by atoms with Crippen molar-refractivity contribution in [2.75, 3.05) is 5.32 Å². The lowest BCUT2D eigenvalue weighted by atomic mass is 10.1. The molecule has 0 aliphatic carbocycles. The van der Waals surface area contributed by atoms with Crippen LogP contribution < -0.4 is 5.32 Å². The van der Waals surface area contributed by atoms with Crippen LogP contribution in [0.4, 0.5) is 5.69 Å². The molecule has 0 saturated heterocycles. The highest BCUT2D eigenvalue weighted by Crippen LogP contribution is 2.15. The van der Waals surface area contributed by atoms with Gasteiger partial charge in [-0.3, -0.25) is 4.79 Å². The fourth-order valence-corrected chi connectivity index (χ4v) is 1.25. The molecule has 1 amide bonds. The van der Waals surface area contributed by atoms with Crippen LogP contribution in [-0.2, 0) is 4.79 Å². The van der Waals surface area contributed by atoms with Crippen molar-refractivity contribution in [2.24, 2.45) is 5.92 Å². The maximum absolute atomic E-state index is 11.5. The van der Waals surface area contributed by atoms with Gasteiger partial charge in [-0.1, -0.05) is 29.8 Å². The molecule has 1 N–H and O–H groups in total. The third-order valence-corrected chi connectivity index (χ3v) is 2.70. The summed E-state index contributed by atoms with van der Waals surface area (Å²) in [5.41, 5.74) is 0.846. The van der Waals surface area contributed by atoms with Gasteiger partial charge in [0.05, 0.1) is 0 Å². The monoisotopic (exact) mass is 255 g/mol. The summed E-state index contributed by atoms with van der Waals surface area (Å²) >= 11 is 3.34. The molecule has 1 aromatic rings. The highest BCUT2D eigenvalue weighted by atomic mass is 79.9. The summed E-state index contributed by atoms with van der Waals surface area (Å²) in [7, 11) is 0. The number of carbonyl (C=O) groups is 1. The largest absolute Gasteiger partial charge is 0.326 e. The van der Waals surface area contributed by atoms with Gasteiger partial charge >= 0.3 is 0 Å². The fraction of sp³-hybridized carbons (Fsp3) is 0.364. The highest BCUT2D eigenvalue weighted by Gasteiger charge is 2.09. The van der Waals surface area contributed by atoms with Gasteiger partial charge in [-0.25, -0.2) is 0 Å². The number of amides is 1. The Morgan fingerprint density at radius 2 is 2.00 bits per heavy atom. The zero-order valence-corrected chi connectivity index (χ0v) is 9.97. The predicted octanol–water partition coefficient (Wildman–Crippen LogP) is 3.43. The maximum Gasteiger partial charge on any atom is 0.227 e. The van der Waals surface area contributed by atoms with Crippen LogP contribution in [0, 0.1) is 5.92 Å². The number of benzene rings is 1. The summed E-state index contributed by atoms with van der Waals surface area (Å²) in [5, 5.41) is 2.86. The first-order chi connectivity index (χ1) is 6.63. The van der Waals surface area contributed by atoms with Crippen molar-refractivity contribution in [3.05, 3.63) is 28.7 Å². The molecule has 0 saturated carbocycles. The Bertz CT molecular complexity index is 308. The van der Waals surface area contributed by atoms with E-state index < -0.39 is 0 Å². The van der Waals surface area contributed by atoms with Crippen molar-refractivity contribution in [2.45, 2.75) is 20.3 Å². The second-order valence-electron chi connectivity index (χ2n) is 3.31. The Morgan fingerprint density at radius 3 is 2.50 bits per heavy atom. The van der Waals surface area contributed by atoms with E-state index in [4.69, 9.17) is 0 Å². The predicted molar refractivity (Wildman–Crippen MR) is 62.2 cm³/mol. The van der Waals surface area contributed by atoms with E-state index in [1.54, 1.807) is 0 Å². The van der Waals surface area contributed by atoms with Gasteiger partial charge in [-0.05, 0) is 30.7 Å². The zero-order chi connectivity index (χ0) is 10.6. The van der Waals surface area contributed by atoms with E-state index in [0.717, 1.165) is 16.6 Å². The minimum atomic E-state index is 0.0682. The van der Waals surface area contributed by atoms with Crippen molar-refractivity contribution in [1.82, 2.24) is 0 Å². The number of hydrogen-bond donors (Lipinski definition) is 1. The molecule has 0 aliphatic rings. The van der Waals surface area contributed by atoms with Gasteiger partial charge in [0.2, 0.25) is 5.91 Å². The molecule has 2 nitrogen and oxygen atoms in total. The SMILES string of the molecule is CC[C@@H](C)C(=O)Nc1ccc(Br)cc1. The molecule has 0 aromatic heterocycles. The molecule has 1 aromatic carbocycles. The van der Waals surface area contributed by atoms with E-state index in [9.17, 15) is 4.79 Å². The van der Waals surface area contributed by atoms with Crippen LogP contribution in [-0.4, -0.2) is 5.91 Å². The number of rotatable bonds is 3. The zero-order valence-electron chi connectivity index (χ0n) is 8.38. The summed E-state index contributed by atoms with van der Waals surface area (Å²) < 4.78 is 1.01. The van der Waals surface area contributed by atoms with Gasteiger partial charge in [-0.2, -0.15) is 0 Å². The summed E-state index contributed by atoms with van der Waals surface area (Å²) in [6.45, 7) is 3.93. The van der Waals surface area contributed by atoms with Crippen LogP contribution in [0.1, 0.15) is 20.3 Å². The highest BCUT2D eigenvalue weighted by molar-refractivity contribution is 9.10. The van der Waals surface area contributed by atoms with Gasteiger partial charge in [0.25, 0.3) is 0 Å².